The first kappa shape index (κ1) is 22.4. The van der Waals surface area contributed by atoms with E-state index in [9.17, 15) is 18.0 Å². The van der Waals surface area contributed by atoms with Gasteiger partial charge in [0.15, 0.2) is 0 Å². The van der Waals surface area contributed by atoms with Crippen LogP contribution in [0.3, 0.4) is 0 Å². The summed E-state index contributed by atoms with van der Waals surface area (Å²) in [6.07, 6.45) is -0.602. The van der Waals surface area contributed by atoms with E-state index in [0.29, 0.717) is 30.0 Å². The van der Waals surface area contributed by atoms with E-state index in [1.807, 2.05) is 0 Å². The van der Waals surface area contributed by atoms with E-state index >= 15 is 0 Å². The zero-order chi connectivity index (χ0) is 21.4. The lowest BCUT2D eigenvalue weighted by molar-refractivity contribution is 0.102. The zero-order valence-electron chi connectivity index (χ0n) is 16.6. The number of hydrogen-bond donors (Lipinski definition) is 2. The van der Waals surface area contributed by atoms with Gasteiger partial charge < -0.3 is 10.1 Å². The second kappa shape index (κ2) is 10.0. The van der Waals surface area contributed by atoms with Gasteiger partial charge in [0, 0.05) is 30.0 Å². The molecule has 8 nitrogen and oxygen atoms in total. The SMILES string of the molecule is CCOC(=O)Nc1cccc(C(=O)Nc2ccc(S(=O)(=O)N(CC)CC)cc2)c1. The minimum Gasteiger partial charge on any atom is -0.450 e. The topological polar surface area (TPSA) is 105 Å². The Bertz CT molecular complexity index is 954. The van der Waals surface area contributed by atoms with E-state index in [1.165, 1.54) is 34.6 Å². The first-order valence-electron chi connectivity index (χ1n) is 9.27. The van der Waals surface area contributed by atoms with E-state index in [4.69, 9.17) is 4.74 Å². The maximum Gasteiger partial charge on any atom is 0.411 e. The van der Waals surface area contributed by atoms with Crippen molar-refractivity contribution >= 4 is 33.4 Å². The molecule has 2 aromatic rings. The summed E-state index contributed by atoms with van der Waals surface area (Å²) in [6.45, 7) is 6.26. The van der Waals surface area contributed by atoms with E-state index in [1.54, 1.807) is 39.0 Å². The molecule has 0 saturated carbocycles. The van der Waals surface area contributed by atoms with Crippen molar-refractivity contribution in [3.05, 3.63) is 54.1 Å². The van der Waals surface area contributed by atoms with Gasteiger partial charge in [0.2, 0.25) is 10.0 Å². The third-order valence-electron chi connectivity index (χ3n) is 4.10. The van der Waals surface area contributed by atoms with Crippen LogP contribution < -0.4 is 10.6 Å². The molecule has 0 atom stereocenters. The Labute approximate surface area is 170 Å². The summed E-state index contributed by atoms with van der Waals surface area (Å²) in [5, 5.41) is 5.24. The predicted molar refractivity (Wildman–Crippen MR) is 112 cm³/mol. The van der Waals surface area contributed by atoms with Gasteiger partial charge in [0.05, 0.1) is 11.5 Å². The molecule has 9 heteroatoms. The van der Waals surface area contributed by atoms with Crippen LogP contribution >= 0.6 is 0 Å². The molecule has 0 aromatic heterocycles. The van der Waals surface area contributed by atoms with Crippen LogP contribution in [-0.4, -0.2) is 44.4 Å². The Hall–Kier alpha value is -2.91. The first-order valence-corrected chi connectivity index (χ1v) is 10.7. The van der Waals surface area contributed by atoms with Crippen molar-refractivity contribution in [1.82, 2.24) is 4.31 Å². The average Bonchev–Trinajstić information content (AvgIpc) is 2.69. The molecule has 2 amide bonds. The third-order valence-corrected chi connectivity index (χ3v) is 6.17. The van der Waals surface area contributed by atoms with Crippen molar-refractivity contribution in [3.8, 4) is 0 Å². The van der Waals surface area contributed by atoms with Gasteiger partial charge >= 0.3 is 6.09 Å². The van der Waals surface area contributed by atoms with Crippen molar-refractivity contribution in [1.29, 1.82) is 0 Å². The van der Waals surface area contributed by atoms with Gasteiger partial charge in [-0.1, -0.05) is 19.9 Å². The normalized spacial score (nSPS) is 11.2. The Morgan fingerprint density at radius 2 is 1.59 bits per heavy atom. The molecule has 0 spiro atoms. The lowest BCUT2D eigenvalue weighted by atomic mass is 10.2. The fourth-order valence-corrected chi connectivity index (χ4v) is 4.11. The second-order valence-electron chi connectivity index (χ2n) is 5.99. The number of nitrogens with one attached hydrogen (secondary N) is 2. The summed E-state index contributed by atoms with van der Waals surface area (Å²) in [5.74, 6) is -0.392. The molecule has 0 fully saturated rings. The van der Waals surface area contributed by atoms with Gasteiger partial charge in [-0.3, -0.25) is 10.1 Å². The van der Waals surface area contributed by atoms with Crippen LogP contribution in [0.15, 0.2) is 53.4 Å². The van der Waals surface area contributed by atoms with E-state index in [0.717, 1.165) is 0 Å². The highest BCUT2D eigenvalue weighted by Crippen LogP contribution is 2.19. The molecule has 0 unspecified atom stereocenters. The first-order chi connectivity index (χ1) is 13.8. The Balaban J connectivity index is 2.11. The van der Waals surface area contributed by atoms with E-state index < -0.39 is 22.0 Å². The molecule has 0 bridgehead atoms. The van der Waals surface area contributed by atoms with Crippen LogP contribution in [0.1, 0.15) is 31.1 Å². The summed E-state index contributed by atoms with van der Waals surface area (Å²) >= 11 is 0. The van der Waals surface area contributed by atoms with Gasteiger partial charge in [-0.25, -0.2) is 13.2 Å². The molecule has 0 aliphatic heterocycles. The highest BCUT2D eigenvalue weighted by molar-refractivity contribution is 7.89. The van der Waals surface area contributed by atoms with Crippen molar-refractivity contribution in [2.75, 3.05) is 30.3 Å². The average molecular weight is 420 g/mol. The fraction of sp³-hybridized carbons (Fsp3) is 0.300. The number of rotatable bonds is 8. The summed E-state index contributed by atoms with van der Waals surface area (Å²) in [5.41, 5.74) is 1.22. The molecule has 0 radical (unpaired) electrons. The number of carbonyl (C=O) groups is 2. The monoisotopic (exact) mass is 419 g/mol. The number of ether oxygens (including phenoxy) is 1. The van der Waals surface area contributed by atoms with Crippen molar-refractivity contribution in [3.63, 3.8) is 0 Å². The summed E-state index contributed by atoms with van der Waals surface area (Å²) in [7, 11) is -3.55. The second-order valence-corrected chi connectivity index (χ2v) is 7.93. The number of sulfonamides is 1. The number of benzene rings is 2. The Morgan fingerprint density at radius 3 is 2.17 bits per heavy atom. The summed E-state index contributed by atoms with van der Waals surface area (Å²) < 4.78 is 31.2. The quantitative estimate of drug-likeness (QED) is 0.681. The Kier molecular flexibility index (Phi) is 7.74. The zero-order valence-corrected chi connectivity index (χ0v) is 17.5. The summed E-state index contributed by atoms with van der Waals surface area (Å²) in [4.78, 5) is 24.1. The highest BCUT2D eigenvalue weighted by atomic mass is 32.2. The number of hydrogen-bond acceptors (Lipinski definition) is 5. The predicted octanol–water partition coefficient (Wildman–Crippen LogP) is 3.54. The number of carbonyl (C=O) groups excluding carboxylic acids is 2. The van der Waals surface area contributed by atoms with Crippen LogP contribution in [0.4, 0.5) is 16.2 Å². The molecule has 0 aliphatic rings. The minimum atomic E-state index is -3.55. The van der Waals surface area contributed by atoms with Crippen LogP contribution in [-0.2, 0) is 14.8 Å². The lowest BCUT2D eigenvalue weighted by Crippen LogP contribution is -2.30. The van der Waals surface area contributed by atoms with Gasteiger partial charge in [0.1, 0.15) is 0 Å². The number of anilines is 2. The molecule has 2 aromatic carbocycles. The molecular weight excluding hydrogens is 394 g/mol. The molecule has 2 N–H and O–H groups in total. The molecule has 156 valence electrons. The van der Waals surface area contributed by atoms with Gasteiger partial charge in [-0.15, -0.1) is 0 Å². The van der Waals surface area contributed by atoms with E-state index in [-0.39, 0.29) is 11.5 Å². The molecule has 0 saturated heterocycles. The van der Waals surface area contributed by atoms with Crippen molar-refractivity contribution in [2.24, 2.45) is 0 Å². The maximum absolute atomic E-state index is 12.5. The minimum absolute atomic E-state index is 0.167. The van der Waals surface area contributed by atoms with Gasteiger partial charge in [-0.05, 0) is 49.4 Å². The van der Waals surface area contributed by atoms with Crippen LogP contribution in [0, 0.1) is 0 Å². The standard InChI is InChI=1S/C20H25N3O5S/c1-4-23(5-2)29(26,27)18-12-10-16(11-13-18)21-19(24)15-8-7-9-17(14-15)22-20(25)28-6-3/h7-14H,4-6H2,1-3H3,(H,21,24)(H,22,25). The molecular formula is C20H25N3O5S. The number of amides is 2. The lowest BCUT2D eigenvalue weighted by Gasteiger charge is -2.18. The Morgan fingerprint density at radius 1 is 0.931 bits per heavy atom. The molecule has 2 rings (SSSR count). The molecule has 0 aliphatic carbocycles. The largest absolute Gasteiger partial charge is 0.450 e. The fourth-order valence-electron chi connectivity index (χ4n) is 2.65. The highest BCUT2D eigenvalue weighted by Gasteiger charge is 2.21. The smallest absolute Gasteiger partial charge is 0.411 e. The number of nitrogens with zero attached hydrogens (tertiary/aromatic N) is 1. The van der Waals surface area contributed by atoms with Gasteiger partial charge in [0.25, 0.3) is 5.91 Å². The van der Waals surface area contributed by atoms with Crippen LogP contribution in [0.2, 0.25) is 0 Å². The van der Waals surface area contributed by atoms with Crippen molar-refractivity contribution < 1.29 is 22.7 Å². The summed E-state index contributed by atoms with van der Waals surface area (Å²) in [6, 6.07) is 12.4. The van der Waals surface area contributed by atoms with Crippen LogP contribution in [0.5, 0.6) is 0 Å². The molecule has 0 heterocycles. The van der Waals surface area contributed by atoms with Crippen molar-refractivity contribution in [2.45, 2.75) is 25.7 Å². The molecule has 29 heavy (non-hydrogen) atoms. The maximum atomic E-state index is 12.5. The van der Waals surface area contributed by atoms with Gasteiger partial charge in [-0.2, -0.15) is 4.31 Å². The third kappa shape index (κ3) is 5.78. The van der Waals surface area contributed by atoms with Crippen LogP contribution in [0.25, 0.3) is 0 Å². The van der Waals surface area contributed by atoms with E-state index in [2.05, 4.69) is 10.6 Å².